The summed E-state index contributed by atoms with van der Waals surface area (Å²) in [6, 6.07) is 12.2. The van der Waals surface area contributed by atoms with Crippen molar-refractivity contribution in [3.63, 3.8) is 0 Å². The quantitative estimate of drug-likeness (QED) is 0.612. The van der Waals surface area contributed by atoms with Gasteiger partial charge in [0.1, 0.15) is 5.54 Å². The Labute approximate surface area is 160 Å². The zero-order chi connectivity index (χ0) is 19.1. The molecule has 1 aliphatic rings. The molecule has 26 heavy (non-hydrogen) atoms. The summed E-state index contributed by atoms with van der Waals surface area (Å²) in [5.41, 5.74) is 1.74. The molecule has 1 aliphatic heterocycles. The first-order chi connectivity index (χ1) is 12.2. The summed E-state index contributed by atoms with van der Waals surface area (Å²) in [6.07, 6.45) is 0. The lowest BCUT2D eigenvalue weighted by Crippen LogP contribution is -2.41. The summed E-state index contributed by atoms with van der Waals surface area (Å²) in [7, 11) is 0. The van der Waals surface area contributed by atoms with Crippen LogP contribution in [0.15, 0.2) is 46.9 Å². The Hall–Kier alpha value is -2.47. The third kappa shape index (κ3) is 3.05. The lowest BCUT2D eigenvalue weighted by Gasteiger charge is -2.23. The number of carbonyl (C=O) groups excluding carboxylic acids is 3. The molecule has 1 N–H and O–H groups in total. The molecule has 6 heteroatoms. The van der Waals surface area contributed by atoms with Crippen LogP contribution in [0.1, 0.15) is 34.0 Å². The fourth-order valence-corrected chi connectivity index (χ4v) is 3.84. The molecule has 3 rings (SSSR count). The number of urea groups is 1. The molecular formula is C20H19BrN2O3. The van der Waals surface area contributed by atoms with Crippen LogP contribution in [0.25, 0.3) is 0 Å². The molecule has 1 fully saturated rings. The molecule has 1 heterocycles. The summed E-state index contributed by atoms with van der Waals surface area (Å²) < 4.78 is 0.721. The van der Waals surface area contributed by atoms with Gasteiger partial charge >= 0.3 is 6.03 Å². The molecule has 1 atom stereocenters. The Bertz CT molecular complexity index is 925. The molecule has 2 aromatic rings. The number of carbonyl (C=O) groups is 3. The van der Waals surface area contributed by atoms with E-state index in [9.17, 15) is 14.4 Å². The monoisotopic (exact) mass is 414 g/mol. The van der Waals surface area contributed by atoms with Crippen LogP contribution in [0.4, 0.5) is 4.79 Å². The van der Waals surface area contributed by atoms with Gasteiger partial charge in [-0.2, -0.15) is 0 Å². The number of rotatable bonds is 4. The van der Waals surface area contributed by atoms with Gasteiger partial charge in [0.05, 0.1) is 6.54 Å². The van der Waals surface area contributed by atoms with Crippen molar-refractivity contribution < 1.29 is 14.4 Å². The summed E-state index contributed by atoms with van der Waals surface area (Å²) in [4.78, 5) is 39.1. The zero-order valence-electron chi connectivity index (χ0n) is 14.8. The summed E-state index contributed by atoms with van der Waals surface area (Å²) in [5, 5.41) is 2.73. The fourth-order valence-electron chi connectivity index (χ4n) is 3.15. The van der Waals surface area contributed by atoms with Crippen molar-refractivity contribution in [1.82, 2.24) is 10.2 Å². The number of amides is 3. The number of Topliss-reactive ketones (excluding diaryl/α,β-unsaturated/α-hetero) is 1. The van der Waals surface area contributed by atoms with E-state index in [1.54, 1.807) is 25.1 Å². The smallest absolute Gasteiger partial charge is 0.319 e. The van der Waals surface area contributed by atoms with Crippen molar-refractivity contribution in [2.24, 2.45) is 0 Å². The average Bonchev–Trinajstić information content (AvgIpc) is 2.81. The first-order valence-electron chi connectivity index (χ1n) is 8.23. The lowest BCUT2D eigenvalue weighted by molar-refractivity contribution is -0.130. The van der Waals surface area contributed by atoms with E-state index in [0.717, 1.165) is 20.5 Å². The molecule has 0 radical (unpaired) electrons. The van der Waals surface area contributed by atoms with Crippen molar-refractivity contribution in [1.29, 1.82) is 0 Å². The Morgan fingerprint density at radius 3 is 2.54 bits per heavy atom. The number of aryl methyl sites for hydroxylation is 2. The van der Waals surface area contributed by atoms with Crippen LogP contribution < -0.4 is 5.32 Å². The highest BCUT2D eigenvalue weighted by molar-refractivity contribution is 9.10. The van der Waals surface area contributed by atoms with Gasteiger partial charge in [-0.25, -0.2) is 4.79 Å². The van der Waals surface area contributed by atoms with Crippen molar-refractivity contribution in [3.05, 3.63) is 69.2 Å². The van der Waals surface area contributed by atoms with Crippen LogP contribution in [-0.4, -0.2) is 29.2 Å². The van der Waals surface area contributed by atoms with Gasteiger partial charge < -0.3 is 5.32 Å². The number of halogens is 1. The maximum Gasteiger partial charge on any atom is 0.325 e. The van der Waals surface area contributed by atoms with Crippen LogP contribution in [-0.2, 0) is 10.3 Å². The van der Waals surface area contributed by atoms with E-state index < -0.39 is 17.5 Å². The Morgan fingerprint density at radius 2 is 1.85 bits per heavy atom. The van der Waals surface area contributed by atoms with Gasteiger partial charge in [-0.1, -0.05) is 51.8 Å². The summed E-state index contributed by atoms with van der Waals surface area (Å²) in [5.74, 6) is -0.695. The normalized spacial score (nSPS) is 19.6. The fraction of sp³-hybridized carbons (Fsp3) is 0.250. The predicted octanol–water partition coefficient (Wildman–Crippen LogP) is 3.72. The molecular weight excluding hydrogens is 396 g/mol. The minimum absolute atomic E-state index is 0.258. The SMILES string of the molecule is Cc1ccc(C)c(C(=O)CN2C(=O)NC(C)(c3ccccc3Br)C2=O)c1. The van der Waals surface area contributed by atoms with Gasteiger partial charge in [-0.05, 0) is 38.5 Å². The Balaban J connectivity index is 1.89. The molecule has 0 spiro atoms. The van der Waals surface area contributed by atoms with Crippen molar-refractivity contribution in [2.45, 2.75) is 26.3 Å². The molecule has 1 unspecified atom stereocenters. The van der Waals surface area contributed by atoms with Crippen molar-refractivity contribution in [3.8, 4) is 0 Å². The maximum absolute atomic E-state index is 13.0. The number of nitrogens with one attached hydrogen (secondary N) is 1. The molecule has 0 saturated carbocycles. The highest BCUT2D eigenvalue weighted by atomic mass is 79.9. The van der Waals surface area contributed by atoms with E-state index in [1.165, 1.54) is 0 Å². The van der Waals surface area contributed by atoms with E-state index in [2.05, 4.69) is 21.2 Å². The molecule has 2 aromatic carbocycles. The number of hydrogen-bond acceptors (Lipinski definition) is 3. The molecule has 1 saturated heterocycles. The van der Waals surface area contributed by atoms with Gasteiger partial charge in [0.15, 0.2) is 5.78 Å². The summed E-state index contributed by atoms with van der Waals surface area (Å²) in [6.45, 7) is 5.10. The van der Waals surface area contributed by atoms with Crippen LogP contribution >= 0.6 is 15.9 Å². The molecule has 134 valence electrons. The standard InChI is InChI=1S/C20H19BrN2O3/c1-12-8-9-13(2)14(10-12)17(24)11-23-18(25)20(3,22-19(23)26)15-6-4-5-7-16(15)21/h4-10H,11H2,1-3H3,(H,22,26). The van der Waals surface area contributed by atoms with Gasteiger partial charge in [-0.3, -0.25) is 14.5 Å². The van der Waals surface area contributed by atoms with Gasteiger partial charge in [0.2, 0.25) is 0 Å². The minimum Gasteiger partial charge on any atom is -0.319 e. The van der Waals surface area contributed by atoms with Crippen LogP contribution in [0.3, 0.4) is 0 Å². The highest BCUT2D eigenvalue weighted by Crippen LogP contribution is 2.33. The molecule has 0 bridgehead atoms. The van der Waals surface area contributed by atoms with Crippen LogP contribution in [0.5, 0.6) is 0 Å². The van der Waals surface area contributed by atoms with Gasteiger partial charge in [-0.15, -0.1) is 0 Å². The number of hydrogen-bond donors (Lipinski definition) is 1. The van der Waals surface area contributed by atoms with Crippen molar-refractivity contribution >= 4 is 33.7 Å². The summed E-state index contributed by atoms with van der Waals surface area (Å²) >= 11 is 3.42. The van der Waals surface area contributed by atoms with E-state index >= 15 is 0 Å². The topological polar surface area (TPSA) is 66.5 Å². The second-order valence-corrected chi connectivity index (χ2v) is 7.52. The number of benzene rings is 2. The second kappa shape index (κ2) is 6.68. The third-order valence-electron chi connectivity index (χ3n) is 4.68. The Morgan fingerprint density at radius 1 is 1.15 bits per heavy atom. The van der Waals surface area contributed by atoms with E-state index in [0.29, 0.717) is 11.1 Å². The Kier molecular flexibility index (Phi) is 4.71. The molecule has 5 nitrogen and oxygen atoms in total. The van der Waals surface area contributed by atoms with Gasteiger partial charge in [0, 0.05) is 15.6 Å². The van der Waals surface area contributed by atoms with E-state index in [-0.39, 0.29) is 12.3 Å². The largest absolute Gasteiger partial charge is 0.325 e. The zero-order valence-corrected chi connectivity index (χ0v) is 16.4. The lowest BCUT2D eigenvalue weighted by atomic mass is 9.92. The van der Waals surface area contributed by atoms with Crippen LogP contribution in [0, 0.1) is 13.8 Å². The van der Waals surface area contributed by atoms with Crippen molar-refractivity contribution in [2.75, 3.05) is 6.54 Å². The van der Waals surface area contributed by atoms with Crippen LogP contribution in [0.2, 0.25) is 0 Å². The predicted molar refractivity (Wildman–Crippen MR) is 102 cm³/mol. The minimum atomic E-state index is -1.21. The molecule has 0 aromatic heterocycles. The second-order valence-electron chi connectivity index (χ2n) is 6.67. The number of imide groups is 1. The molecule has 3 amide bonds. The first-order valence-corrected chi connectivity index (χ1v) is 9.03. The number of nitrogens with zero attached hydrogens (tertiary/aromatic N) is 1. The molecule has 0 aliphatic carbocycles. The maximum atomic E-state index is 13.0. The first kappa shape index (κ1) is 18.3. The van der Waals surface area contributed by atoms with E-state index in [4.69, 9.17) is 0 Å². The number of ketones is 1. The average molecular weight is 415 g/mol. The highest BCUT2D eigenvalue weighted by Gasteiger charge is 2.50. The van der Waals surface area contributed by atoms with Gasteiger partial charge in [0.25, 0.3) is 5.91 Å². The van der Waals surface area contributed by atoms with E-state index in [1.807, 2.05) is 38.1 Å². The third-order valence-corrected chi connectivity index (χ3v) is 5.37.